The van der Waals surface area contributed by atoms with E-state index in [-0.39, 0.29) is 12.6 Å². The minimum atomic E-state index is -0.349. The highest BCUT2D eigenvalue weighted by Gasteiger charge is 2.16. The molecule has 0 bridgehead atoms. The Hall–Kier alpha value is -2.86. The number of benzene rings is 2. The summed E-state index contributed by atoms with van der Waals surface area (Å²) in [5, 5.41) is 9.57. The van der Waals surface area contributed by atoms with Crippen LogP contribution in [0.1, 0.15) is 36.5 Å². The Morgan fingerprint density at radius 2 is 1.86 bits per heavy atom. The third-order valence-corrected chi connectivity index (χ3v) is 5.43. The van der Waals surface area contributed by atoms with Gasteiger partial charge in [0.1, 0.15) is 5.82 Å². The summed E-state index contributed by atoms with van der Waals surface area (Å²) in [5.41, 5.74) is 4.33. The maximum absolute atomic E-state index is 12.1. The molecule has 1 N–H and O–H groups in total. The van der Waals surface area contributed by atoms with Crippen LogP contribution in [0.25, 0.3) is 22.4 Å². The highest BCUT2D eigenvalue weighted by molar-refractivity contribution is 5.94. The molecule has 1 aliphatic rings. The smallest absolute Gasteiger partial charge is 0.338 e. The molecule has 1 saturated heterocycles. The molecule has 0 radical (unpaired) electrons. The monoisotopic (exact) mass is 393 g/mol. The van der Waals surface area contributed by atoms with Gasteiger partial charge in [-0.15, -0.1) is 0 Å². The lowest BCUT2D eigenvalue weighted by atomic mass is 10.1. The zero-order chi connectivity index (χ0) is 20.2. The van der Waals surface area contributed by atoms with E-state index in [0.717, 1.165) is 35.5 Å². The van der Waals surface area contributed by atoms with Crippen LogP contribution in [0.3, 0.4) is 0 Å². The number of aromatic nitrogens is 2. The highest BCUT2D eigenvalue weighted by atomic mass is 16.5. The second-order valence-electron chi connectivity index (χ2n) is 7.33. The predicted octanol–water partition coefficient (Wildman–Crippen LogP) is 3.86. The fraction of sp³-hybridized carbons (Fsp3) is 0.391. The summed E-state index contributed by atoms with van der Waals surface area (Å²) in [6, 6.07) is 13.8. The average Bonchev–Trinajstić information content (AvgIpc) is 3.13. The molecule has 0 saturated carbocycles. The topological polar surface area (TPSA) is 67.6 Å². The number of carbonyl (C=O) groups is 1. The number of aliphatic hydroxyl groups is 1. The SMILES string of the molecule is CCOC(=O)c1ccc2c(c1)nc(-c1ccc(N3CCCCC3)cc1)n2CCO. The van der Waals surface area contributed by atoms with Gasteiger partial charge in [0.05, 0.1) is 29.8 Å². The molecule has 0 aliphatic carbocycles. The summed E-state index contributed by atoms with van der Waals surface area (Å²) in [6.45, 7) is 4.81. The van der Waals surface area contributed by atoms with Gasteiger partial charge in [0.25, 0.3) is 0 Å². The van der Waals surface area contributed by atoms with Crippen LogP contribution in [-0.4, -0.2) is 46.9 Å². The molecule has 0 amide bonds. The molecule has 29 heavy (non-hydrogen) atoms. The number of esters is 1. The summed E-state index contributed by atoms with van der Waals surface area (Å²) < 4.78 is 7.10. The van der Waals surface area contributed by atoms with Gasteiger partial charge in [0.2, 0.25) is 0 Å². The van der Waals surface area contributed by atoms with E-state index in [9.17, 15) is 9.90 Å². The zero-order valence-electron chi connectivity index (χ0n) is 16.8. The Morgan fingerprint density at radius 3 is 2.55 bits per heavy atom. The van der Waals surface area contributed by atoms with Crippen molar-refractivity contribution in [3.8, 4) is 11.4 Å². The van der Waals surface area contributed by atoms with Gasteiger partial charge in [-0.25, -0.2) is 9.78 Å². The van der Waals surface area contributed by atoms with Gasteiger partial charge < -0.3 is 19.3 Å². The molecular formula is C23H27N3O3. The number of hydrogen-bond acceptors (Lipinski definition) is 5. The highest BCUT2D eigenvalue weighted by Crippen LogP contribution is 2.28. The summed E-state index contributed by atoms with van der Waals surface area (Å²) in [5.74, 6) is 0.443. The maximum Gasteiger partial charge on any atom is 0.338 e. The molecule has 4 rings (SSSR count). The number of carbonyl (C=O) groups excluding carboxylic acids is 1. The van der Waals surface area contributed by atoms with E-state index in [0.29, 0.717) is 18.7 Å². The first-order valence-corrected chi connectivity index (χ1v) is 10.3. The van der Waals surface area contributed by atoms with Crippen molar-refractivity contribution in [1.82, 2.24) is 9.55 Å². The Labute approximate surface area is 170 Å². The third kappa shape index (κ3) is 3.98. The molecule has 1 fully saturated rings. The quantitative estimate of drug-likeness (QED) is 0.644. The van der Waals surface area contributed by atoms with Crippen LogP contribution in [-0.2, 0) is 11.3 Å². The Bertz CT molecular complexity index is 989. The molecule has 6 nitrogen and oxygen atoms in total. The fourth-order valence-corrected chi connectivity index (χ4v) is 3.99. The van der Waals surface area contributed by atoms with E-state index in [1.807, 2.05) is 10.6 Å². The van der Waals surface area contributed by atoms with Crippen LogP contribution >= 0.6 is 0 Å². The number of nitrogens with zero attached hydrogens (tertiary/aromatic N) is 3. The van der Waals surface area contributed by atoms with Crippen LogP contribution in [0.4, 0.5) is 5.69 Å². The molecule has 2 aromatic carbocycles. The lowest BCUT2D eigenvalue weighted by Crippen LogP contribution is -2.29. The number of aliphatic hydroxyl groups excluding tert-OH is 1. The van der Waals surface area contributed by atoms with E-state index in [1.165, 1.54) is 24.9 Å². The van der Waals surface area contributed by atoms with E-state index in [1.54, 1.807) is 19.1 Å². The van der Waals surface area contributed by atoms with Crippen LogP contribution in [0.5, 0.6) is 0 Å². The van der Waals surface area contributed by atoms with Crippen molar-refractivity contribution in [2.75, 3.05) is 31.2 Å². The lowest BCUT2D eigenvalue weighted by Gasteiger charge is -2.28. The van der Waals surface area contributed by atoms with Crippen molar-refractivity contribution in [3.63, 3.8) is 0 Å². The van der Waals surface area contributed by atoms with E-state index in [4.69, 9.17) is 9.72 Å². The number of rotatable bonds is 6. The molecule has 3 aromatic rings. The van der Waals surface area contributed by atoms with Crippen molar-refractivity contribution < 1.29 is 14.6 Å². The van der Waals surface area contributed by atoms with Crippen molar-refractivity contribution in [2.45, 2.75) is 32.7 Å². The van der Waals surface area contributed by atoms with Gasteiger partial charge in [-0.1, -0.05) is 0 Å². The molecule has 2 heterocycles. The van der Waals surface area contributed by atoms with Crippen LogP contribution in [0.15, 0.2) is 42.5 Å². The first-order valence-electron chi connectivity index (χ1n) is 10.3. The van der Waals surface area contributed by atoms with Crippen molar-refractivity contribution in [2.24, 2.45) is 0 Å². The Morgan fingerprint density at radius 1 is 1.10 bits per heavy atom. The first kappa shape index (κ1) is 19.5. The third-order valence-electron chi connectivity index (χ3n) is 5.43. The minimum absolute atomic E-state index is 0.0178. The van der Waals surface area contributed by atoms with Gasteiger partial charge in [0, 0.05) is 30.9 Å². The molecular weight excluding hydrogens is 366 g/mol. The van der Waals surface area contributed by atoms with E-state index in [2.05, 4.69) is 29.2 Å². The predicted molar refractivity (Wildman–Crippen MR) is 114 cm³/mol. The number of imidazole rings is 1. The van der Waals surface area contributed by atoms with Crippen molar-refractivity contribution in [3.05, 3.63) is 48.0 Å². The molecule has 0 spiro atoms. The summed E-state index contributed by atoms with van der Waals surface area (Å²) in [4.78, 5) is 19.3. The van der Waals surface area contributed by atoms with Gasteiger partial charge in [-0.3, -0.25) is 0 Å². The van der Waals surface area contributed by atoms with Crippen LogP contribution in [0.2, 0.25) is 0 Å². The number of hydrogen-bond donors (Lipinski definition) is 1. The summed E-state index contributed by atoms with van der Waals surface area (Å²) >= 11 is 0. The molecule has 0 atom stereocenters. The van der Waals surface area contributed by atoms with E-state index < -0.39 is 0 Å². The molecule has 1 aliphatic heterocycles. The molecule has 152 valence electrons. The van der Waals surface area contributed by atoms with Gasteiger partial charge >= 0.3 is 5.97 Å². The average molecular weight is 393 g/mol. The van der Waals surface area contributed by atoms with Crippen LogP contribution in [0, 0.1) is 0 Å². The van der Waals surface area contributed by atoms with E-state index >= 15 is 0 Å². The Kier molecular flexibility index (Phi) is 5.81. The van der Waals surface area contributed by atoms with Gasteiger partial charge in [-0.2, -0.15) is 0 Å². The minimum Gasteiger partial charge on any atom is -0.462 e. The number of anilines is 1. The molecule has 1 aromatic heterocycles. The maximum atomic E-state index is 12.1. The lowest BCUT2D eigenvalue weighted by molar-refractivity contribution is 0.0526. The standard InChI is InChI=1S/C23H27N3O3/c1-2-29-23(28)18-8-11-21-20(16-18)24-22(26(21)14-15-27)17-6-9-19(10-7-17)25-12-4-3-5-13-25/h6-11,16,27H,2-5,12-15H2,1H3. The molecule has 0 unspecified atom stereocenters. The second kappa shape index (κ2) is 8.66. The Balaban J connectivity index is 1.69. The number of ether oxygens (including phenoxy) is 1. The number of fused-ring (bicyclic) bond motifs is 1. The first-order chi connectivity index (χ1) is 14.2. The summed E-state index contributed by atoms with van der Waals surface area (Å²) in [7, 11) is 0. The van der Waals surface area contributed by atoms with Gasteiger partial charge in [0.15, 0.2) is 0 Å². The normalized spacial score (nSPS) is 14.3. The zero-order valence-corrected chi connectivity index (χ0v) is 16.8. The fourth-order valence-electron chi connectivity index (χ4n) is 3.99. The van der Waals surface area contributed by atoms with Gasteiger partial charge in [-0.05, 0) is 68.7 Å². The second-order valence-corrected chi connectivity index (χ2v) is 7.33. The largest absolute Gasteiger partial charge is 0.462 e. The van der Waals surface area contributed by atoms with Crippen molar-refractivity contribution >= 4 is 22.7 Å². The van der Waals surface area contributed by atoms with Crippen molar-refractivity contribution in [1.29, 1.82) is 0 Å². The van der Waals surface area contributed by atoms with Crippen LogP contribution < -0.4 is 4.90 Å². The number of piperidine rings is 1. The molecule has 6 heteroatoms. The summed E-state index contributed by atoms with van der Waals surface area (Å²) in [6.07, 6.45) is 3.81.